The van der Waals surface area contributed by atoms with E-state index in [9.17, 15) is 0 Å². The predicted octanol–water partition coefficient (Wildman–Crippen LogP) is 5.07. The lowest BCUT2D eigenvalue weighted by Crippen LogP contribution is -2.09. The second-order valence-electron chi connectivity index (χ2n) is 5.14. The Bertz CT molecular complexity index is 773. The van der Waals surface area contributed by atoms with Crippen molar-refractivity contribution in [1.29, 1.82) is 0 Å². The number of hydrogen-bond acceptors (Lipinski definition) is 0. The van der Waals surface area contributed by atoms with Crippen LogP contribution in [0.15, 0.2) is 60.7 Å². The first-order valence-corrected chi connectivity index (χ1v) is 7.00. The van der Waals surface area contributed by atoms with E-state index in [4.69, 9.17) is 11.6 Å². The second-order valence-corrected chi connectivity index (χ2v) is 5.57. The molecule has 0 nitrogen and oxygen atoms in total. The van der Waals surface area contributed by atoms with E-state index < -0.39 is 0 Å². The minimum atomic E-state index is -0.0236. The van der Waals surface area contributed by atoms with E-state index in [0.717, 1.165) is 6.42 Å². The van der Waals surface area contributed by atoms with Crippen molar-refractivity contribution < 1.29 is 0 Å². The average molecular weight is 265 g/mol. The van der Waals surface area contributed by atoms with Crippen LogP contribution in [-0.4, -0.2) is 0 Å². The summed E-state index contributed by atoms with van der Waals surface area (Å²) in [5.74, 6) is 0. The summed E-state index contributed by atoms with van der Waals surface area (Å²) in [6.07, 6.45) is 0.986. The number of halogens is 1. The van der Waals surface area contributed by atoms with Crippen LogP contribution < -0.4 is 0 Å². The van der Waals surface area contributed by atoms with E-state index in [1.807, 2.05) is 0 Å². The highest BCUT2D eigenvalue weighted by molar-refractivity contribution is 6.23. The Kier molecular flexibility index (Phi) is 2.39. The van der Waals surface area contributed by atoms with Crippen LogP contribution >= 0.6 is 11.6 Å². The van der Waals surface area contributed by atoms with Crippen LogP contribution in [0.25, 0.3) is 10.8 Å². The van der Waals surface area contributed by atoms with E-state index in [0.29, 0.717) is 0 Å². The fourth-order valence-corrected chi connectivity index (χ4v) is 3.43. The number of fused-ring (bicyclic) bond motifs is 3. The molecular formula is C18H13Cl. The van der Waals surface area contributed by atoms with Gasteiger partial charge in [-0.25, -0.2) is 0 Å². The molecule has 0 N–H and O–H groups in total. The van der Waals surface area contributed by atoms with E-state index in [2.05, 4.69) is 60.7 Å². The maximum Gasteiger partial charge on any atom is 0.0841 e. The van der Waals surface area contributed by atoms with Gasteiger partial charge in [0, 0.05) is 0 Å². The normalized spacial score (nSPS) is 17.0. The molecule has 1 aliphatic carbocycles. The summed E-state index contributed by atoms with van der Waals surface area (Å²) in [6, 6.07) is 21.5. The minimum absolute atomic E-state index is 0.0236. The first kappa shape index (κ1) is 11.1. The summed E-state index contributed by atoms with van der Waals surface area (Å²) < 4.78 is 0. The topological polar surface area (TPSA) is 0 Å². The van der Waals surface area contributed by atoms with Gasteiger partial charge in [-0.2, -0.15) is 0 Å². The SMILES string of the molecule is ClC1c2ccccc2Cc2cc3ccccc3cc21. The van der Waals surface area contributed by atoms with Crippen molar-refractivity contribution in [3.05, 3.63) is 82.9 Å². The van der Waals surface area contributed by atoms with E-state index in [-0.39, 0.29) is 5.38 Å². The average Bonchev–Trinajstić information content (AvgIpc) is 2.46. The fourth-order valence-electron chi connectivity index (χ4n) is 3.01. The van der Waals surface area contributed by atoms with Crippen LogP contribution in [0.2, 0.25) is 0 Å². The Labute approximate surface area is 117 Å². The van der Waals surface area contributed by atoms with Crippen LogP contribution in [0.3, 0.4) is 0 Å². The summed E-state index contributed by atoms with van der Waals surface area (Å²) in [4.78, 5) is 0. The van der Waals surface area contributed by atoms with Gasteiger partial charge in [0.25, 0.3) is 0 Å². The van der Waals surface area contributed by atoms with Gasteiger partial charge in [-0.1, -0.05) is 54.6 Å². The van der Waals surface area contributed by atoms with Crippen LogP contribution in [-0.2, 0) is 6.42 Å². The smallest absolute Gasteiger partial charge is 0.0841 e. The number of hydrogen-bond donors (Lipinski definition) is 0. The molecule has 1 aliphatic rings. The minimum Gasteiger partial charge on any atom is -0.113 e. The van der Waals surface area contributed by atoms with Gasteiger partial charge in [-0.05, 0) is 45.5 Å². The highest BCUT2D eigenvalue weighted by atomic mass is 35.5. The Balaban J connectivity index is 1.98. The molecule has 19 heavy (non-hydrogen) atoms. The van der Waals surface area contributed by atoms with Crippen molar-refractivity contribution in [2.45, 2.75) is 11.8 Å². The zero-order valence-electron chi connectivity index (χ0n) is 10.4. The zero-order valence-corrected chi connectivity index (χ0v) is 11.2. The molecular weight excluding hydrogens is 252 g/mol. The molecule has 0 aliphatic heterocycles. The zero-order chi connectivity index (χ0) is 12.8. The standard InChI is InChI=1S/C18H13Cl/c19-18-16-8-4-3-7-14(16)10-15-9-12-5-1-2-6-13(12)11-17(15)18/h1-9,11,18H,10H2. The van der Waals surface area contributed by atoms with Gasteiger partial charge in [0.05, 0.1) is 5.38 Å². The van der Waals surface area contributed by atoms with E-state index >= 15 is 0 Å². The molecule has 0 radical (unpaired) electrons. The molecule has 0 heterocycles. The van der Waals surface area contributed by atoms with E-state index in [1.54, 1.807) is 0 Å². The van der Waals surface area contributed by atoms with Crippen molar-refractivity contribution in [2.24, 2.45) is 0 Å². The van der Waals surface area contributed by atoms with Gasteiger partial charge in [0.15, 0.2) is 0 Å². The third-order valence-electron chi connectivity index (χ3n) is 3.99. The summed E-state index contributed by atoms with van der Waals surface area (Å²) in [6.45, 7) is 0. The summed E-state index contributed by atoms with van der Waals surface area (Å²) >= 11 is 6.68. The lowest BCUT2D eigenvalue weighted by Gasteiger charge is -2.24. The monoisotopic (exact) mass is 264 g/mol. The summed E-state index contributed by atoms with van der Waals surface area (Å²) in [5, 5.41) is 2.54. The maximum atomic E-state index is 6.68. The molecule has 0 fully saturated rings. The summed E-state index contributed by atoms with van der Waals surface area (Å²) in [7, 11) is 0. The molecule has 1 atom stereocenters. The largest absolute Gasteiger partial charge is 0.113 e. The van der Waals surface area contributed by atoms with Gasteiger partial charge in [-0.15, -0.1) is 11.6 Å². The molecule has 3 aromatic carbocycles. The Morgan fingerprint density at radius 1 is 0.737 bits per heavy atom. The highest BCUT2D eigenvalue weighted by Crippen LogP contribution is 2.40. The lowest BCUT2D eigenvalue weighted by molar-refractivity contribution is 0.981. The van der Waals surface area contributed by atoms with Gasteiger partial charge >= 0.3 is 0 Å². The van der Waals surface area contributed by atoms with Crippen LogP contribution in [0.1, 0.15) is 27.6 Å². The van der Waals surface area contributed by atoms with Crippen molar-refractivity contribution in [2.75, 3.05) is 0 Å². The molecule has 0 saturated heterocycles. The number of alkyl halides is 1. The first-order chi connectivity index (χ1) is 9.33. The van der Waals surface area contributed by atoms with Crippen LogP contribution in [0, 0.1) is 0 Å². The third kappa shape index (κ3) is 1.67. The molecule has 0 saturated carbocycles. The van der Waals surface area contributed by atoms with Gasteiger partial charge in [-0.3, -0.25) is 0 Å². The van der Waals surface area contributed by atoms with Crippen molar-refractivity contribution in [1.82, 2.24) is 0 Å². The summed E-state index contributed by atoms with van der Waals surface area (Å²) in [5.41, 5.74) is 5.23. The highest BCUT2D eigenvalue weighted by Gasteiger charge is 2.23. The lowest BCUT2D eigenvalue weighted by atomic mass is 9.84. The Hall–Kier alpha value is -1.79. The quantitative estimate of drug-likeness (QED) is 0.497. The Morgan fingerprint density at radius 3 is 2.26 bits per heavy atom. The molecule has 0 spiro atoms. The molecule has 0 amide bonds. The van der Waals surface area contributed by atoms with Gasteiger partial charge in [0.1, 0.15) is 0 Å². The first-order valence-electron chi connectivity index (χ1n) is 6.56. The van der Waals surface area contributed by atoms with Crippen molar-refractivity contribution in [3.8, 4) is 0 Å². The second kappa shape index (κ2) is 4.11. The molecule has 0 aromatic heterocycles. The van der Waals surface area contributed by atoms with Gasteiger partial charge < -0.3 is 0 Å². The van der Waals surface area contributed by atoms with Crippen LogP contribution in [0.5, 0.6) is 0 Å². The predicted molar refractivity (Wildman–Crippen MR) is 80.9 cm³/mol. The third-order valence-corrected chi connectivity index (χ3v) is 4.46. The molecule has 1 heteroatoms. The number of rotatable bonds is 0. The van der Waals surface area contributed by atoms with Crippen molar-refractivity contribution >= 4 is 22.4 Å². The molecule has 92 valence electrons. The van der Waals surface area contributed by atoms with Crippen molar-refractivity contribution in [3.63, 3.8) is 0 Å². The maximum absolute atomic E-state index is 6.68. The van der Waals surface area contributed by atoms with Crippen LogP contribution in [0.4, 0.5) is 0 Å². The fraction of sp³-hybridized carbons (Fsp3) is 0.111. The molecule has 3 aromatic rings. The van der Waals surface area contributed by atoms with Gasteiger partial charge in [0.2, 0.25) is 0 Å². The molecule has 0 bridgehead atoms. The number of benzene rings is 3. The Morgan fingerprint density at radius 2 is 1.42 bits per heavy atom. The van der Waals surface area contributed by atoms with E-state index in [1.165, 1.54) is 33.0 Å². The molecule has 4 rings (SSSR count). The molecule has 1 unspecified atom stereocenters.